The van der Waals surface area contributed by atoms with Crippen molar-refractivity contribution in [3.63, 3.8) is 0 Å². The van der Waals surface area contributed by atoms with Crippen LogP contribution in [0.5, 0.6) is 0 Å². The zero-order valence-electron chi connectivity index (χ0n) is 28.7. The van der Waals surface area contributed by atoms with Gasteiger partial charge in [0.05, 0.1) is 18.8 Å². The van der Waals surface area contributed by atoms with Crippen LogP contribution in [0.4, 0.5) is 4.79 Å². The molecule has 1 aliphatic rings. The standard InChI is InChI=1S/C42H46N4O4/c1-30-39(28-46(2)23-21-38-16-6-7-22-43-38)49-41(50-40(30)34-19-17-32(29-47)18-20-34)37-15-9-14-36(25-37)35-13-8-12-33(24-35)27-45-42(48)44-26-31-10-4-3-5-11-31/h3-20,22,24-25,30,39-41,47H,21,23,26-29H2,1-2H3,(H2,44,45,48). The van der Waals surface area contributed by atoms with Gasteiger partial charge in [0.25, 0.3) is 0 Å². The highest BCUT2D eigenvalue weighted by molar-refractivity contribution is 5.74. The monoisotopic (exact) mass is 670 g/mol. The lowest BCUT2D eigenvalue weighted by molar-refractivity contribution is -0.275. The number of likely N-dealkylation sites (N-methyl/N-ethyl adjacent to an activating group) is 1. The predicted molar refractivity (Wildman–Crippen MR) is 196 cm³/mol. The van der Waals surface area contributed by atoms with Gasteiger partial charge in [-0.1, -0.05) is 104 Å². The van der Waals surface area contributed by atoms with E-state index in [0.717, 1.165) is 64.1 Å². The lowest BCUT2D eigenvalue weighted by atomic mass is 9.90. The van der Waals surface area contributed by atoms with Gasteiger partial charge in [0, 0.05) is 56.0 Å². The van der Waals surface area contributed by atoms with E-state index in [1.54, 1.807) is 0 Å². The molecule has 4 unspecified atom stereocenters. The minimum Gasteiger partial charge on any atom is -0.392 e. The molecule has 0 radical (unpaired) electrons. The van der Waals surface area contributed by atoms with Gasteiger partial charge in [0.1, 0.15) is 0 Å². The Balaban J connectivity index is 1.16. The van der Waals surface area contributed by atoms with E-state index in [9.17, 15) is 9.90 Å². The van der Waals surface area contributed by atoms with Crippen LogP contribution in [0.25, 0.3) is 11.1 Å². The largest absolute Gasteiger partial charge is 0.392 e. The molecule has 1 aromatic heterocycles. The number of rotatable bonds is 13. The number of pyridine rings is 1. The maximum Gasteiger partial charge on any atom is 0.315 e. The molecule has 3 N–H and O–H groups in total. The molecule has 0 bridgehead atoms. The first-order valence-corrected chi connectivity index (χ1v) is 17.3. The van der Waals surface area contributed by atoms with E-state index in [-0.39, 0.29) is 30.8 Å². The predicted octanol–water partition coefficient (Wildman–Crippen LogP) is 7.21. The molecule has 2 amide bonds. The minimum atomic E-state index is -0.569. The van der Waals surface area contributed by atoms with Crippen molar-refractivity contribution in [2.24, 2.45) is 5.92 Å². The summed E-state index contributed by atoms with van der Waals surface area (Å²) in [7, 11) is 2.13. The number of aliphatic hydroxyl groups is 1. The van der Waals surface area contributed by atoms with Gasteiger partial charge in [-0.25, -0.2) is 4.79 Å². The van der Waals surface area contributed by atoms with Gasteiger partial charge in [0.2, 0.25) is 0 Å². The molecule has 1 saturated heterocycles. The molecule has 258 valence electrons. The Morgan fingerprint density at radius 1 is 0.760 bits per heavy atom. The Bertz CT molecular complexity index is 1800. The van der Waals surface area contributed by atoms with E-state index in [0.29, 0.717) is 13.1 Å². The Hall–Kier alpha value is -4.86. The number of hydrogen-bond acceptors (Lipinski definition) is 6. The molecule has 0 spiro atoms. The van der Waals surface area contributed by atoms with Crippen molar-refractivity contribution in [2.45, 2.75) is 51.5 Å². The smallest absolute Gasteiger partial charge is 0.315 e. The number of aliphatic hydroxyl groups excluding tert-OH is 1. The molecule has 1 fully saturated rings. The third kappa shape index (κ3) is 9.43. The Morgan fingerprint density at radius 3 is 2.20 bits per heavy atom. The van der Waals surface area contributed by atoms with Gasteiger partial charge in [-0.15, -0.1) is 0 Å². The first kappa shape index (κ1) is 35.0. The van der Waals surface area contributed by atoms with Crippen molar-refractivity contribution in [2.75, 3.05) is 20.1 Å². The molecule has 5 aromatic rings. The van der Waals surface area contributed by atoms with Crippen LogP contribution in [0.15, 0.2) is 128 Å². The first-order chi connectivity index (χ1) is 24.4. The summed E-state index contributed by atoms with van der Waals surface area (Å²) in [4.78, 5) is 19.3. The van der Waals surface area contributed by atoms with Gasteiger partial charge < -0.3 is 30.1 Å². The normalized spacial score (nSPS) is 18.9. The highest BCUT2D eigenvalue weighted by Gasteiger charge is 2.38. The van der Waals surface area contributed by atoms with E-state index >= 15 is 0 Å². The topological polar surface area (TPSA) is 96.0 Å². The molecule has 8 heteroatoms. The Labute approximate surface area is 295 Å². The maximum atomic E-state index is 12.5. The highest BCUT2D eigenvalue weighted by atomic mass is 16.7. The van der Waals surface area contributed by atoms with E-state index in [4.69, 9.17) is 9.47 Å². The molecule has 2 heterocycles. The van der Waals surface area contributed by atoms with Crippen molar-refractivity contribution in [3.05, 3.63) is 161 Å². The van der Waals surface area contributed by atoms with Crippen LogP contribution in [-0.4, -0.2) is 47.3 Å². The number of aromatic nitrogens is 1. The summed E-state index contributed by atoms with van der Waals surface area (Å²) in [6.45, 7) is 4.68. The average Bonchev–Trinajstić information content (AvgIpc) is 3.17. The quantitative estimate of drug-likeness (QED) is 0.123. The summed E-state index contributed by atoms with van der Waals surface area (Å²) in [6.07, 6.45) is 1.85. The Morgan fingerprint density at radius 2 is 1.46 bits per heavy atom. The molecule has 4 atom stereocenters. The van der Waals surface area contributed by atoms with Crippen LogP contribution in [-0.2, 0) is 35.6 Å². The van der Waals surface area contributed by atoms with Gasteiger partial charge in [-0.3, -0.25) is 4.98 Å². The number of carbonyl (C=O) groups excluding carboxylic acids is 1. The number of benzene rings is 4. The number of urea groups is 1. The van der Waals surface area contributed by atoms with Gasteiger partial charge >= 0.3 is 6.03 Å². The summed E-state index contributed by atoms with van der Waals surface area (Å²) >= 11 is 0. The fourth-order valence-electron chi connectivity index (χ4n) is 6.33. The SMILES string of the molecule is CC1C(CN(C)CCc2ccccn2)OC(c2cccc(-c3cccc(CNC(=O)NCc4ccccc4)c3)c2)OC1c1ccc(CO)cc1. The molecule has 8 nitrogen and oxygen atoms in total. The average molecular weight is 671 g/mol. The van der Waals surface area contributed by atoms with E-state index in [1.165, 1.54) is 0 Å². The molecule has 50 heavy (non-hydrogen) atoms. The highest BCUT2D eigenvalue weighted by Crippen LogP contribution is 2.42. The van der Waals surface area contributed by atoms with E-state index in [1.807, 2.05) is 79.0 Å². The molecule has 0 aliphatic carbocycles. The molecular formula is C42H46N4O4. The van der Waals surface area contributed by atoms with Gasteiger partial charge in [0.15, 0.2) is 6.29 Å². The fraction of sp³-hybridized carbons (Fsp3) is 0.286. The van der Waals surface area contributed by atoms with Crippen LogP contribution >= 0.6 is 0 Å². The number of amides is 2. The van der Waals surface area contributed by atoms with Crippen molar-refractivity contribution in [1.29, 1.82) is 0 Å². The van der Waals surface area contributed by atoms with Crippen molar-refractivity contribution in [3.8, 4) is 11.1 Å². The molecule has 1 aliphatic heterocycles. The van der Waals surface area contributed by atoms with Crippen molar-refractivity contribution < 1.29 is 19.4 Å². The van der Waals surface area contributed by atoms with Gasteiger partial charge in [-0.2, -0.15) is 0 Å². The van der Waals surface area contributed by atoms with Crippen molar-refractivity contribution in [1.82, 2.24) is 20.5 Å². The van der Waals surface area contributed by atoms with Crippen LogP contribution in [0.3, 0.4) is 0 Å². The van der Waals surface area contributed by atoms with Crippen LogP contribution < -0.4 is 10.6 Å². The summed E-state index contributed by atoms with van der Waals surface area (Å²) < 4.78 is 13.5. The number of ether oxygens (including phenoxy) is 2. The summed E-state index contributed by atoms with van der Waals surface area (Å²) in [5.41, 5.74) is 8.08. The molecule has 4 aromatic carbocycles. The van der Waals surface area contributed by atoms with Crippen LogP contribution in [0, 0.1) is 5.92 Å². The second-order valence-electron chi connectivity index (χ2n) is 13.0. The molecule has 0 saturated carbocycles. The molecule has 6 rings (SSSR count). The van der Waals surface area contributed by atoms with Crippen LogP contribution in [0.2, 0.25) is 0 Å². The third-order valence-corrected chi connectivity index (χ3v) is 9.26. The maximum absolute atomic E-state index is 12.5. The second-order valence-corrected chi connectivity index (χ2v) is 13.0. The zero-order valence-corrected chi connectivity index (χ0v) is 28.7. The first-order valence-electron chi connectivity index (χ1n) is 17.3. The number of hydrogen-bond donors (Lipinski definition) is 3. The number of carbonyl (C=O) groups is 1. The number of nitrogens with one attached hydrogen (secondary N) is 2. The second kappa shape index (κ2) is 17.2. The van der Waals surface area contributed by atoms with E-state index < -0.39 is 6.29 Å². The third-order valence-electron chi connectivity index (χ3n) is 9.26. The molecular weight excluding hydrogens is 624 g/mol. The van der Waals surface area contributed by atoms with Gasteiger partial charge in [-0.05, 0) is 64.7 Å². The fourth-order valence-corrected chi connectivity index (χ4v) is 6.33. The number of nitrogens with zero attached hydrogens (tertiary/aromatic N) is 2. The lowest BCUT2D eigenvalue weighted by Gasteiger charge is -2.42. The minimum absolute atomic E-state index is 0.00228. The summed E-state index contributed by atoms with van der Waals surface area (Å²) in [6, 6.07) is 40.2. The Kier molecular flexibility index (Phi) is 12.0. The van der Waals surface area contributed by atoms with Crippen LogP contribution in [0.1, 0.15) is 52.8 Å². The summed E-state index contributed by atoms with van der Waals surface area (Å²) in [5, 5.41) is 15.5. The lowest BCUT2D eigenvalue weighted by Crippen LogP contribution is -2.43. The summed E-state index contributed by atoms with van der Waals surface area (Å²) in [5.74, 6) is 0.0841. The zero-order chi connectivity index (χ0) is 34.7. The van der Waals surface area contributed by atoms with E-state index in [2.05, 4.69) is 83.0 Å². The van der Waals surface area contributed by atoms with Crippen molar-refractivity contribution >= 4 is 6.03 Å².